The summed E-state index contributed by atoms with van der Waals surface area (Å²) < 4.78 is 71.9. The van der Waals surface area contributed by atoms with Crippen molar-refractivity contribution in [3.05, 3.63) is 102 Å². The average Bonchev–Trinajstić information content (AvgIpc) is 3.35. The molecule has 1 heterocycles. The summed E-state index contributed by atoms with van der Waals surface area (Å²) in [5.41, 5.74) is -1.38. The summed E-state index contributed by atoms with van der Waals surface area (Å²) in [7, 11) is -5.75. The molecule has 3 aromatic carbocycles. The fourth-order valence-corrected chi connectivity index (χ4v) is 5.07. The van der Waals surface area contributed by atoms with E-state index in [1.165, 1.54) is 18.2 Å². The van der Waals surface area contributed by atoms with E-state index >= 15 is 0 Å². The summed E-state index contributed by atoms with van der Waals surface area (Å²) in [5, 5.41) is 0. The van der Waals surface area contributed by atoms with Gasteiger partial charge in [0.15, 0.2) is 5.76 Å². The third-order valence-corrected chi connectivity index (χ3v) is 7.37. The zero-order valence-corrected chi connectivity index (χ0v) is 21.0. The number of hydrogen-bond donors (Lipinski definition) is 0. The summed E-state index contributed by atoms with van der Waals surface area (Å²) in [6.07, 6.45) is 5.16. The number of hydrogen-bond acceptors (Lipinski definition) is 5. The molecule has 0 amide bonds. The van der Waals surface area contributed by atoms with E-state index in [4.69, 9.17) is 9.40 Å². The number of alkyl halides is 3. The van der Waals surface area contributed by atoms with Crippen LogP contribution in [0.5, 0.6) is 5.75 Å². The molecule has 0 N–H and O–H groups in total. The first-order chi connectivity index (χ1) is 18.2. The highest BCUT2D eigenvalue weighted by Gasteiger charge is 2.48. The topological polar surface area (TPSA) is 69.4 Å². The quantitative estimate of drug-likeness (QED) is 0.178. The fraction of sp³-hybridized carbons (Fsp3) is 0.207. The van der Waals surface area contributed by atoms with Crippen LogP contribution in [0.15, 0.2) is 95.4 Å². The van der Waals surface area contributed by atoms with Gasteiger partial charge in [0.25, 0.3) is 0 Å². The van der Waals surface area contributed by atoms with Crippen LogP contribution in [-0.4, -0.2) is 18.9 Å². The van der Waals surface area contributed by atoms with E-state index in [1.54, 1.807) is 6.07 Å². The van der Waals surface area contributed by atoms with Crippen molar-refractivity contribution in [1.82, 2.24) is 4.98 Å². The van der Waals surface area contributed by atoms with Gasteiger partial charge in [0.05, 0.1) is 0 Å². The van der Waals surface area contributed by atoms with E-state index in [2.05, 4.69) is 10.3 Å². The average molecular weight is 540 g/mol. The Bertz CT molecular complexity index is 1490. The lowest BCUT2D eigenvalue weighted by molar-refractivity contribution is -0.0500. The van der Waals surface area contributed by atoms with Crippen LogP contribution < -0.4 is 4.18 Å². The summed E-state index contributed by atoms with van der Waals surface area (Å²) in [6, 6.07) is 25.2. The summed E-state index contributed by atoms with van der Waals surface area (Å²) in [5.74, 6) is 0.753. The third-order valence-electron chi connectivity index (χ3n) is 6.39. The number of rotatable bonds is 7. The van der Waals surface area contributed by atoms with Crippen LogP contribution >= 0.6 is 0 Å². The minimum absolute atomic E-state index is 0.0240. The zero-order valence-electron chi connectivity index (χ0n) is 20.2. The van der Waals surface area contributed by atoms with Crippen LogP contribution in [0.25, 0.3) is 28.2 Å². The Morgan fingerprint density at radius 3 is 2.29 bits per heavy atom. The molecule has 38 heavy (non-hydrogen) atoms. The van der Waals surface area contributed by atoms with Gasteiger partial charge in [-0.2, -0.15) is 21.6 Å². The Kier molecular flexibility index (Phi) is 7.12. The molecule has 5 nitrogen and oxygen atoms in total. The van der Waals surface area contributed by atoms with Gasteiger partial charge in [0.1, 0.15) is 11.4 Å². The predicted octanol–water partition coefficient (Wildman–Crippen LogP) is 7.66. The second-order valence-electron chi connectivity index (χ2n) is 9.05. The van der Waals surface area contributed by atoms with Crippen LogP contribution in [0.1, 0.15) is 30.7 Å². The van der Waals surface area contributed by atoms with Crippen molar-refractivity contribution in [3.63, 3.8) is 0 Å². The van der Waals surface area contributed by atoms with Crippen molar-refractivity contribution in [2.45, 2.75) is 31.2 Å². The lowest BCUT2D eigenvalue weighted by Crippen LogP contribution is -2.28. The van der Waals surface area contributed by atoms with Crippen molar-refractivity contribution >= 4 is 15.7 Å². The van der Waals surface area contributed by atoms with Crippen LogP contribution in [0.3, 0.4) is 0 Å². The predicted molar refractivity (Wildman–Crippen MR) is 138 cm³/mol. The van der Waals surface area contributed by atoms with Gasteiger partial charge in [-0.05, 0) is 49.3 Å². The maximum atomic E-state index is 12.8. The van der Waals surface area contributed by atoms with Gasteiger partial charge >= 0.3 is 15.6 Å². The number of benzene rings is 3. The molecule has 1 atom stereocenters. The Morgan fingerprint density at radius 1 is 0.921 bits per heavy atom. The molecule has 0 fully saturated rings. The Labute approximate surface area is 218 Å². The molecule has 0 spiro atoms. The minimum Gasteiger partial charge on any atom is -0.436 e. The molecular formula is C29H24F3NO4S. The molecule has 0 unspecified atom stereocenters. The lowest BCUT2D eigenvalue weighted by atomic mass is 9.83. The van der Waals surface area contributed by atoms with Crippen molar-refractivity contribution in [1.29, 1.82) is 0 Å². The van der Waals surface area contributed by atoms with Crippen LogP contribution in [0.4, 0.5) is 13.2 Å². The second-order valence-corrected chi connectivity index (χ2v) is 10.6. The fourth-order valence-electron chi connectivity index (χ4n) is 4.62. The molecule has 1 aromatic heterocycles. The Hall–Kier alpha value is -3.85. The largest absolute Gasteiger partial charge is 0.534 e. The molecule has 5 rings (SSSR count). The summed E-state index contributed by atoms with van der Waals surface area (Å²) >= 11 is 0. The van der Waals surface area contributed by atoms with E-state index in [-0.39, 0.29) is 11.7 Å². The third kappa shape index (κ3) is 5.52. The standard InChI is InChI=1S/C29H24F3NO4S/c30-29(31,32)38(34,35)37-24-16-9-10-20(19-24)18-23-15-7-8-17-25(23)28-33-26(21-11-3-1-4-12-21)27(36-28)22-13-5-2-6-14-22/h1-6,9-14,16-17,19,23H,7-8,15,18H2/t23-/m1/s1. The van der Waals surface area contributed by atoms with E-state index in [0.29, 0.717) is 23.6 Å². The molecule has 0 saturated heterocycles. The summed E-state index contributed by atoms with van der Waals surface area (Å²) in [4.78, 5) is 4.90. The molecule has 9 heteroatoms. The Balaban J connectivity index is 1.46. The van der Waals surface area contributed by atoms with Gasteiger partial charge in [0, 0.05) is 16.7 Å². The smallest absolute Gasteiger partial charge is 0.436 e. The molecule has 4 aromatic rings. The van der Waals surface area contributed by atoms with Crippen LogP contribution in [0, 0.1) is 5.92 Å². The summed E-state index contributed by atoms with van der Waals surface area (Å²) in [6.45, 7) is 0. The maximum Gasteiger partial charge on any atom is 0.534 e. The highest BCUT2D eigenvalue weighted by molar-refractivity contribution is 7.88. The number of halogens is 3. The first kappa shape index (κ1) is 25.8. The molecular weight excluding hydrogens is 515 g/mol. The van der Waals surface area contributed by atoms with E-state index in [1.807, 2.05) is 60.7 Å². The van der Waals surface area contributed by atoms with Crippen molar-refractivity contribution in [3.8, 4) is 28.3 Å². The normalized spacial score (nSPS) is 16.2. The zero-order chi connectivity index (χ0) is 26.8. The van der Waals surface area contributed by atoms with Gasteiger partial charge < -0.3 is 8.60 Å². The van der Waals surface area contributed by atoms with Gasteiger partial charge in [0.2, 0.25) is 5.89 Å². The van der Waals surface area contributed by atoms with Crippen molar-refractivity contribution < 1.29 is 30.2 Å². The Morgan fingerprint density at radius 2 is 1.61 bits per heavy atom. The van der Waals surface area contributed by atoms with E-state index in [9.17, 15) is 21.6 Å². The molecule has 0 aliphatic heterocycles. The molecule has 1 aliphatic carbocycles. The lowest BCUT2D eigenvalue weighted by Gasteiger charge is -2.22. The SMILES string of the molecule is O=S(=O)(Oc1cccc(C[C@H]2CCCC=C2c2nc(-c3ccccc3)c(-c3ccccc3)o2)c1)C(F)(F)F. The number of aromatic nitrogens is 1. The van der Waals surface area contributed by atoms with Crippen molar-refractivity contribution in [2.24, 2.45) is 5.92 Å². The minimum atomic E-state index is -5.75. The first-order valence-corrected chi connectivity index (χ1v) is 13.5. The molecule has 196 valence electrons. The highest BCUT2D eigenvalue weighted by Crippen LogP contribution is 2.40. The second kappa shape index (κ2) is 10.5. The number of oxazole rings is 1. The number of allylic oxidation sites excluding steroid dienone is 2. The van der Waals surface area contributed by atoms with Crippen LogP contribution in [-0.2, 0) is 16.5 Å². The monoisotopic (exact) mass is 539 g/mol. The number of nitrogens with zero attached hydrogens (tertiary/aromatic N) is 1. The van der Waals surface area contributed by atoms with Gasteiger partial charge in [-0.1, -0.05) is 78.9 Å². The van der Waals surface area contributed by atoms with Crippen LogP contribution in [0.2, 0.25) is 0 Å². The van der Waals surface area contributed by atoms with Crippen molar-refractivity contribution in [2.75, 3.05) is 0 Å². The van der Waals surface area contributed by atoms with Gasteiger partial charge in [-0.15, -0.1) is 0 Å². The molecule has 0 saturated carbocycles. The highest BCUT2D eigenvalue weighted by atomic mass is 32.2. The maximum absolute atomic E-state index is 12.8. The molecule has 0 bridgehead atoms. The van der Waals surface area contributed by atoms with Gasteiger partial charge in [-0.25, -0.2) is 4.98 Å². The first-order valence-electron chi connectivity index (χ1n) is 12.1. The van der Waals surface area contributed by atoms with E-state index < -0.39 is 15.6 Å². The van der Waals surface area contributed by atoms with E-state index in [0.717, 1.165) is 41.7 Å². The van der Waals surface area contributed by atoms with Gasteiger partial charge in [-0.3, -0.25) is 0 Å². The molecule has 1 aliphatic rings. The molecule has 0 radical (unpaired) electrons.